The average Bonchev–Trinajstić information content (AvgIpc) is 2.52. The molecule has 0 saturated carbocycles. The van der Waals surface area contributed by atoms with E-state index in [4.69, 9.17) is 0 Å². The van der Waals surface area contributed by atoms with Gasteiger partial charge >= 0.3 is 0 Å². The molecule has 0 amide bonds. The van der Waals surface area contributed by atoms with Gasteiger partial charge in [0, 0.05) is 38.1 Å². The molecule has 0 bridgehead atoms. The maximum absolute atomic E-state index is 4.54. The topological polar surface area (TPSA) is 53.9 Å². The van der Waals surface area contributed by atoms with Gasteiger partial charge in [0.15, 0.2) is 0 Å². The molecule has 2 rings (SSSR count). The smallest absolute Gasteiger partial charge is 0.137 e. The highest BCUT2D eigenvalue weighted by Gasteiger charge is 2.18. The quantitative estimate of drug-likeness (QED) is 0.884. The van der Waals surface area contributed by atoms with Gasteiger partial charge in [-0.05, 0) is 30.5 Å². The van der Waals surface area contributed by atoms with E-state index < -0.39 is 0 Å². The van der Waals surface area contributed by atoms with Gasteiger partial charge in [0.05, 0.1) is 0 Å². The van der Waals surface area contributed by atoms with Crippen molar-refractivity contribution in [2.24, 2.45) is 0 Å². The molecule has 0 aliphatic heterocycles. The van der Waals surface area contributed by atoms with Gasteiger partial charge in [-0.25, -0.2) is 9.97 Å². The fraction of sp³-hybridized carbons (Fsp3) is 0.438. The fourth-order valence-corrected chi connectivity index (χ4v) is 2.41. The lowest BCUT2D eigenvalue weighted by molar-refractivity contribution is 0.771. The van der Waals surface area contributed by atoms with Crippen molar-refractivity contribution in [1.82, 2.24) is 15.0 Å². The second kappa shape index (κ2) is 7.02. The molecule has 2 heterocycles. The molecule has 21 heavy (non-hydrogen) atoms. The maximum Gasteiger partial charge on any atom is 0.137 e. The lowest BCUT2D eigenvalue weighted by Gasteiger charge is -2.26. The van der Waals surface area contributed by atoms with Crippen LogP contribution in [-0.4, -0.2) is 28.5 Å². The van der Waals surface area contributed by atoms with Gasteiger partial charge in [-0.2, -0.15) is 0 Å². The summed E-state index contributed by atoms with van der Waals surface area (Å²) in [4.78, 5) is 15.2. The molecule has 0 aliphatic rings. The second-order valence-corrected chi connectivity index (χ2v) is 5.23. The first-order valence-corrected chi connectivity index (χ1v) is 7.33. The van der Waals surface area contributed by atoms with Crippen molar-refractivity contribution < 1.29 is 0 Å². The molecule has 5 nitrogen and oxygen atoms in total. The number of anilines is 2. The van der Waals surface area contributed by atoms with Crippen LogP contribution in [0.5, 0.6) is 0 Å². The first-order chi connectivity index (χ1) is 10.2. The Kier molecular flexibility index (Phi) is 5.09. The zero-order valence-corrected chi connectivity index (χ0v) is 13.2. The van der Waals surface area contributed by atoms with Crippen LogP contribution in [-0.2, 0) is 6.54 Å². The molecule has 0 unspecified atom stereocenters. The van der Waals surface area contributed by atoms with E-state index in [0.29, 0.717) is 5.92 Å². The fourth-order valence-electron chi connectivity index (χ4n) is 2.41. The minimum Gasteiger partial charge on any atom is -0.373 e. The highest BCUT2D eigenvalue weighted by atomic mass is 15.2. The maximum atomic E-state index is 4.54. The summed E-state index contributed by atoms with van der Waals surface area (Å²) in [7, 11) is 1.90. The second-order valence-electron chi connectivity index (χ2n) is 5.23. The van der Waals surface area contributed by atoms with E-state index in [1.165, 1.54) is 5.56 Å². The van der Waals surface area contributed by atoms with Gasteiger partial charge in [0.1, 0.15) is 18.0 Å². The van der Waals surface area contributed by atoms with Crippen molar-refractivity contribution in [2.75, 3.05) is 23.8 Å². The summed E-state index contributed by atoms with van der Waals surface area (Å²) in [5.41, 5.74) is 2.39. The first kappa shape index (κ1) is 15.2. The summed E-state index contributed by atoms with van der Waals surface area (Å²) in [5, 5.41) is 3.17. The Labute approximate surface area is 126 Å². The Hall–Kier alpha value is -2.17. The number of nitrogens with zero attached hydrogens (tertiary/aromatic N) is 4. The van der Waals surface area contributed by atoms with E-state index in [2.05, 4.69) is 45.9 Å². The van der Waals surface area contributed by atoms with Gasteiger partial charge in [-0.15, -0.1) is 0 Å². The molecule has 5 heteroatoms. The normalized spacial score (nSPS) is 10.7. The number of nitrogens with one attached hydrogen (secondary N) is 1. The van der Waals surface area contributed by atoms with E-state index in [1.807, 2.05) is 31.6 Å². The molecule has 0 saturated heterocycles. The minimum absolute atomic E-state index is 0.357. The Balaban J connectivity index is 2.38. The Morgan fingerprint density at radius 3 is 2.48 bits per heavy atom. The van der Waals surface area contributed by atoms with Crippen LogP contribution in [0.25, 0.3) is 0 Å². The summed E-state index contributed by atoms with van der Waals surface area (Å²) >= 11 is 0. The van der Waals surface area contributed by atoms with Gasteiger partial charge in [-0.3, -0.25) is 4.98 Å². The molecule has 0 spiro atoms. The summed E-state index contributed by atoms with van der Waals surface area (Å²) in [6.45, 7) is 8.19. The molecule has 1 N–H and O–H groups in total. The molecule has 0 fully saturated rings. The molecule has 0 aromatic carbocycles. The molecular weight excluding hydrogens is 262 g/mol. The van der Waals surface area contributed by atoms with Crippen molar-refractivity contribution in [3.63, 3.8) is 0 Å². The van der Waals surface area contributed by atoms with Crippen molar-refractivity contribution in [3.05, 3.63) is 42.0 Å². The van der Waals surface area contributed by atoms with Crippen LogP contribution in [0.2, 0.25) is 0 Å². The van der Waals surface area contributed by atoms with Crippen LogP contribution in [0.15, 0.2) is 30.9 Å². The summed E-state index contributed by atoms with van der Waals surface area (Å²) < 4.78 is 0. The Bertz CT molecular complexity index is 568. The van der Waals surface area contributed by atoms with Gasteiger partial charge in [-0.1, -0.05) is 13.8 Å². The van der Waals surface area contributed by atoms with E-state index >= 15 is 0 Å². The third-order valence-corrected chi connectivity index (χ3v) is 3.48. The third-order valence-electron chi connectivity index (χ3n) is 3.48. The van der Waals surface area contributed by atoms with Crippen molar-refractivity contribution in [2.45, 2.75) is 33.2 Å². The van der Waals surface area contributed by atoms with Crippen LogP contribution in [0.1, 0.15) is 37.8 Å². The molecule has 0 radical (unpaired) electrons. The van der Waals surface area contributed by atoms with Crippen molar-refractivity contribution >= 4 is 11.6 Å². The summed E-state index contributed by atoms with van der Waals surface area (Å²) in [5.74, 6) is 2.27. The van der Waals surface area contributed by atoms with Crippen molar-refractivity contribution in [1.29, 1.82) is 0 Å². The van der Waals surface area contributed by atoms with Crippen LogP contribution < -0.4 is 10.2 Å². The lowest BCUT2D eigenvalue weighted by Crippen LogP contribution is -2.25. The largest absolute Gasteiger partial charge is 0.373 e. The number of rotatable bonds is 6. The first-order valence-electron chi connectivity index (χ1n) is 7.33. The number of aromatic nitrogens is 3. The number of hydrogen-bond acceptors (Lipinski definition) is 5. The monoisotopic (exact) mass is 285 g/mol. The predicted octanol–water partition coefficient (Wildman–Crippen LogP) is 3.06. The molecule has 0 aliphatic carbocycles. The van der Waals surface area contributed by atoms with Gasteiger partial charge < -0.3 is 10.2 Å². The molecule has 0 atom stereocenters. The van der Waals surface area contributed by atoms with Gasteiger partial charge in [0.25, 0.3) is 0 Å². The van der Waals surface area contributed by atoms with Crippen LogP contribution >= 0.6 is 0 Å². The van der Waals surface area contributed by atoms with Crippen molar-refractivity contribution in [3.8, 4) is 0 Å². The van der Waals surface area contributed by atoms with Crippen LogP contribution in [0.3, 0.4) is 0 Å². The Morgan fingerprint density at radius 1 is 1.19 bits per heavy atom. The van der Waals surface area contributed by atoms with E-state index in [-0.39, 0.29) is 0 Å². The zero-order chi connectivity index (χ0) is 15.2. The van der Waals surface area contributed by atoms with E-state index in [0.717, 1.165) is 30.3 Å². The minimum atomic E-state index is 0.357. The third kappa shape index (κ3) is 3.48. The highest BCUT2D eigenvalue weighted by molar-refractivity contribution is 5.60. The van der Waals surface area contributed by atoms with Crippen LogP contribution in [0, 0.1) is 0 Å². The summed E-state index contributed by atoms with van der Waals surface area (Å²) in [6.07, 6.45) is 5.28. The number of pyridine rings is 1. The van der Waals surface area contributed by atoms with Gasteiger partial charge in [0.2, 0.25) is 0 Å². The lowest BCUT2D eigenvalue weighted by atomic mass is 10.0. The molecular formula is C16H23N5. The summed E-state index contributed by atoms with van der Waals surface area (Å²) in [6, 6.07) is 4.08. The predicted molar refractivity (Wildman–Crippen MR) is 86.6 cm³/mol. The van der Waals surface area contributed by atoms with Crippen LogP contribution in [0.4, 0.5) is 11.6 Å². The van der Waals surface area contributed by atoms with E-state index in [1.54, 1.807) is 6.33 Å². The average molecular weight is 285 g/mol. The molecule has 2 aromatic rings. The molecule has 112 valence electrons. The zero-order valence-electron chi connectivity index (χ0n) is 13.2. The Morgan fingerprint density at radius 2 is 1.90 bits per heavy atom. The van der Waals surface area contributed by atoms with E-state index in [9.17, 15) is 0 Å². The molecule has 2 aromatic heterocycles. The SMILES string of the molecule is CCN(Cc1ccncc1)c1ncnc(NC)c1C(C)C. The standard InChI is InChI=1S/C16H23N5/c1-5-21(10-13-6-8-18-9-7-13)16-14(12(2)3)15(17-4)19-11-20-16/h6-9,11-12H,5,10H2,1-4H3,(H,17,19,20). The highest BCUT2D eigenvalue weighted by Crippen LogP contribution is 2.31. The number of hydrogen-bond donors (Lipinski definition) is 1.